The summed E-state index contributed by atoms with van der Waals surface area (Å²) in [5.74, 6) is 0.541. The van der Waals surface area contributed by atoms with Crippen LogP contribution in [0.3, 0.4) is 0 Å². The number of carbonyl (C=O) groups is 2. The van der Waals surface area contributed by atoms with Crippen molar-refractivity contribution in [3.05, 3.63) is 69.7 Å². The van der Waals surface area contributed by atoms with Crippen molar-refractivity contribution < 1.29 is 9.59 Å². The van der Waals surface area contributed by atoms with E-state index in [1.54, 1.807) is 17.9 Å². The van der Waals surface area contributed by atoms with Crippen LogP contribution in [0.15, 0.2) is 48.5 Å². The number of thioether (sulfide) groups is 1. The third kappa shape index (κ3) is 7.53. The summed E-state index contributed by atoms with van der Waals surface area (Å²) >= 11 is 14.0. The molecule has 0 fully saturated rings. The van der Waals surface area contributed by atoms with Gasteiger partial charge in [0, 0.05) is 27.9 Å². The molecule has 2 aromatic rings. The maximum Gasteiger partial charge on any atom is 0.242 e. The van der Waals surface area contributed by atoms with Gasteiger partial charge in [-0.05, 0) is 51.0 Å². The van der Waals surface area contributed by atoms with Crippen LogP contribution in [0.4, 0.5) is 0 Å². The minimum absolute atomic E-state index is 0.122. The molecular weight excluding hydrogens is 439 g/mol. The molecule has 0 saturated heterocycles. The van der Waals surface area contributed by atoms with Gasteiger partial charge in [-0.15, -0.1) is 11.8 Å². The van der Waals surface area contributed by atoms with Crippen LogP contribution in [-0.2, 0) is 21.9 Å². The number of amides is 2. The van der Waals surface area contributed by atoms with Gasteiger partial charge in [-0.2, -0.15) is 0 Å². The molecule has 0 spiro atoms. The Kier molecular flexibility index (Phi) is 9.08. The molecule has 0 aliphatic carbocycles. The molecule has 0 saturated carbocycles. The van der Waals surface area contributed by atoms with Crippen LogP contribution in [0.1, 0.15) is 38.8 Å². The summed E-state index contributed by atoms with van der Waals surface area (Å²) in [6.45, 7) is 7.75. The molecule has 0 unspecified atom stereocenters. The summed E-state index contributed by atoms with van der Waals surface area (Å²) in [7, 11) is 0. The fourth-order valence-electron chi connectivity index (χ4n) is 2.81. The predicted molar refractivity (Wildman–Crippen MR) is 127 cm³/mol. The Labute approximate surface area is 193 Å². The van der Waals surface area contributed by atoms with Gasteiger partial charge in [0.15, 0.2) is 0 Å². The van der Waals surface area contributed by atoms with Crippen LogP contribution in [-0.4, -0.2) is 34.0 Å². The highest BCUT2D eigenvalue weighted by Crippen LogP contribution is 2.23. The molecule has 4 nitrogen and oxygen atoms in total. The molecule has 1 atom stereocenters. The zero-order valence-electron chi connectivity index (χ0n) is 17.7. The number of benzene rings is 2. The van der Waals surface area contributed by atoms with Crippen molar-refractivity contribution in [2.45, 2.75) is 51.6 Å². The van der Waals surface area contributed by atoms with E-state index in [9.17, 15) is 9.59 Å². The van der Waals surface area contributed by atoms with E-state index < -0.39 is 6.04 Å². The van der Waals surface area contributed by atoms with Gasteiger partial charge in [-0.25, -0.2) is 0 Å². The van der Waals surface area contributed by atoms with E-state index in [-0.39, 0.29) is 29.7 Å². The molecule has 0 aromatic heterocycles. The van der Waals surface area contributed by atoms with Gasteiger partial charge in [-0.1, -0.05) is 59.6 Å². The van der Waals surface area contributed by atoms with Crippen LogP contribution in [0.5, 0.6) is 0 Å². The first kappa shape index (κ1) is 24.6. The van der Waals surface area contributed by atoms with Crippen LogP contribution in [0, 0.1) is 0 Å². The Morgan fingerprint density at radius 3 is 2.07 bits per heavy atom. The Balaban J connectivity index is 2.13. The van der Waals surface area contributed by atoms with E-state index in [2.05, 4.69) is 5.32 Å². The Morgan fingerprint density at radius 2 is 1.53 bits per heavy atom. The molecule has 162 valence electrons. The number of nitrogens with zero attached hydrogens (tertiary/aromatic N) is 1. The smallest absolute Gasteiger partial charge is 0.242 e. The van der Waals surface area contributed by atoms with Crippen molar-refractivity contribution in [2.24, 2.45) is 0 Å². The number of hydrogen-bond acceptors (Lipinski definition) is 3. The molecule has 0 bridgehead atoms. The number of rotatable bonds is 8. The zero-order chi connectivity index (χ0) is 22.3. The average Bonchev–Trinajstić information content (AvgIpc) is 2.67. The van der Waals surface area contributed by atoms with E-state index in [0.29, 0.717) is 15.8 Å². The fourth-order valence-corrected chi connectivity index (χ4v) is 4.20. The van der Waals surface area contributed by atoms with Crippen LogP contribution in [0.2, 0.25) is 10.0 Å². The van der Waals surface area contributed by atoms with Crippen molar-refractivity contribution in [3.63, 3.8) is 0 Å². The third-order valence-corrected chi connectivity index (χ3v) is 6.11. The lowest BCUT2D eigenvalue weighted by Gasteiger charge is -2.31. The summed E-state index contributed by atoms with van der Waals surface area (Å²) in [6.07, 6.45) is 0. The number of carbonyl (C=O) groups excluding carboxylic acids is 2. The van der Waals surface area contributed by atoms with E-state index >= 15 is 0 Å². The minimum Gasteiger partial charge on any atom is -0.350 e. The average molecular weight is 467 g/mol. The maximum absolute atomic E-state index is 13.1. The van der Waals surface area contributed by atoms with E-state index in [0.717, 1.165) is 11.1 Å². The fraction of sp³-hybridized carbons (Fsp3) is 0.391. The highest BCUT2D eigenvalue weighted by molar-refractivity contribution is 7.99. The number of halogens is 2. The highest BCUT2D eigenvalue weighted by atomic mass is 35.5. The summed E-state index contributed by atoms with van der Waals surface area (Å²) < 4.78 is 0. The quantitative estimate of drug-likeness (QED) is 0.553. The maximum atomic E-state index is 13.1. The third-order valence-electron chi connectivity index (χ3n) is 4.40. The van der Waals surface area contributed by atoms with Gasteiger partial charge in [0.2, 0.25) is 11.8 Å². The first-order chi connectivity index (χ1) is 14.1. The van der Waals surface area contributed by atoms with Crippen LogP contribution >= 0.6 is 35.0 Å². The Hall–Kier alpha value is -1.69. The molecule has 0 heterocycles. The normalized spacial score (nSPS) is 12.3. The lowest BCUT2D eigenvalue weighted by Crippen LogP contribution is -2.52. The Bertz CT molecular complexity index is 884. The van der Waals surface area contributed by atoms with E-state index in [4.69, 9.17) is 23.2 Å². The lowest BCUT2D eigenvalue weighted by atomic mass is 10.1. The summed E-state index contributed by atoms with van der Waals surface area (Å²) in [4.78, 5) is 27.4. The van der Waals surface area contributed by atoms with Gasteiger partial charge in [0.05, 0.1) is 5.75 Å². The van der Waals surface area contributed by atoms with Crippen LogP contribution < -0.4 is 5.32 Å². The largest absolute Gasteiger partial charge is 0.350 e. The van der Waals surface area contributed by atoms with Crippen LogP contribution in [0.25, 0.3) is 0 Å². The standard InChI is InChI=1S/C23H28Cl2N2O2S/c1-16(22(29)26-23(2,3)4)27(13-17-9-5-7-11-19(17)24)21(28)15-30-14-18-10-6-8-12-20(18)25/h5-12,16H,13-15H2,1-4H3,(H,26,29)/t16-/m0/s1. The SMILES string of the molecule is C[C@@H](C(=O)NC(C)(C)C)N(Cc1ccccc1Cl)C(=O)CSCc1ccccc1Cl. The molecule has 30 heavy (non-hydrogen) atoms. The van der Waals surface area contributed by atoms with Crippen molar-refractivity contribution in [1.29, 1.82) is 0 Å². The van der Waals surface area contributed by atoms with Crippen molar-refractivity contribution in [3.8, 4) is 0 Å². The summed E-state index contributed by atoms with van der Waals surface area (Å²) in [5.41, 5.74) is 1.40. The molecule has 7 heteroatoms. The molecule has 2 rings (SSSR count). The topological polar surface area (TPSA) is 49.4 Å². The number of nitrogens with one attached hydrogen (secondary N) is 1. The van der Waals surface area contributed by atoms with Gasteiger partial charge >= 0.3 is 0 Å². The van der Waals surface area contributed by atoms with Gasteiger partial charge in [0.25, 0.3) is 0 Å². The molecule has 0 radical (unpaired) electrons. The lowest BCUT2D eigenvalue weighted by molar-refractivity contribution is -0.139. The molecule has 2 amide bonds. The van der Waals surface area contributed by atoms with Crippen molar-refractivity contribution in [2.75, 3.05) is 5.75 Å². The monoisotopic (exact) mass is 466 g/mol. The van der Waals surface area contributed by atoms with Gasteiger partial charge < -0.3 is 10.2 Å². The molecule has 2 aromatic carbocycles. The highest BCUT2D eigenvalue weighted by Gasteiger charge is 2.28. The summed E-state index contributed by atoms with van der Waals surface area (Å²) in [5, 5.41) is 4.21. The molecule has 0 aliphatic rings. The summed E-state index contributed by atoms with van der Waals surface area (Å²) in [6, 6.07) is 14.3. The molecule has 0 aliphatic heterocycles. The van der Waals surface area contributed by atoms with Crippen molar-refractivity contribution in [1.82, 2.24) is 10.2 Å². The second kappa shape index (κ2) is 11.1. The first-order valence-electron chi connectivity index (χ1n) is 9.74. The molecule has 1 N–H and O–H groups in total. The van der Waals surface area contributed by atoms with E-state index in [1.165, 1.54) is 11.8 Å². The number of hydrogen-bond donors (Lipinski definition) is 1. The zero-order valence-corrected chi connectivity index (χ0v) is 20.1. The minimum atomic E-state index is -0.631. The predicted octanol–water partition coefficient (Wildman–Crippen LogP) is 5.56. The second-order valence-corrected chi connectivity index (χ2v) is 9.91. The second-order valence-electron chi connectivity index (χ2n) is 8.11. The molecular formula is C23H28Cl2N2O2S. The van der Waals surface area contributed by atoms with Crippen molar-refractivity contribution >= 4 is 46.8 Å². The van der Waals surface area contributed by atoms with Gasteiger partial charge in [0.1, 0.15) is 6.04 Å². The van der Waals surface area contributed by atoms with E-state index in [1.807, 2.05) is 63.2 Å². The Morgan fingerprint density at radius 1 is 1.00 bits per heavy atom. The van der Waals surface area contributed by atoms with Gasteiger partial charge in [-0.3, -0.25) is 9.59 Å². The first-order valence-corrected chi connectivity index (χ1v) is 11.7.